The van der Waals surface area contributed by atoms with Gasteiger partial charge in [-0.3, -0.25) is 9.69 Å². The molecule has 1 heterocycles. The molecule has 0 spiro atoms. The minimum absolute atomic E-state index is 0.0845. The van der Waals surface area contributed by atoms with Crippen molar-refractivity contribution in [3.8, 4) is 0 Å². The smallest absolute Gasteiger partial charge is 0.317 e. The molecule has 1 N–H and O–H groups in total. The molecule has 0 amide bonds. The van der Waals surface area contributed by atoms with E-state index in [1.807, 2.05) is 17.0 Å². The summed E-state index contributed by atoms with van der Waals surface area (Å²) in [6.07, 6.45) is 2.16. The van der Waals surface area contributed by atoms with Gasteiger partial charge in [0.05, 0.1) is 18.1 Å². The lowest BCUT2D eigenvalue weighted by Crippen LogP contribution is -2.47. The van der Waals surface area contributed by atoms with E-state index in [-0.39, 0.29) is 30.1 Å². The van der Waals surface area contributed by atoms with Gasteiger partial charge in [-0.2, -0.15) is 0 Å². The predicted molar refractivity (Wildman–Crippen MR) is 79.0 cm³/mol. The Morgan fingerprint density at radius 2 is 1.81 bits per heavy atom. The number of sulfone groups is 1. The lowest BCUT2D eigenvalue weighted by atomic mass is 10.1. The average molecular weight is 309 g/mol. The summed E-state index contributed by atoms with van der Waals surface area (Å²) in [6, 6.07) is 8.05. The summed E-state index contributed by atoms with van der Waals surface area (Å²) in [4.78, 5) is 13.1. The van der Waals surface area contributed by atoms with Crippen molar-refractivity contribution in [1.82, 2.24) is 4.90 Å². The third-order valence-corrected chi connectivity index (χ3v) is 6.24. The molecule has 1 saturated heterocycles. The zero-order valence-corrected chi connectivity index (χ0v) is 12.6. The van der Waals surface area contributed by atoms with Crippen LogP contribution in [-0.4, -0.2) is 54.5 Å². The van der Waals surface area contributed by atoms with Crippen molar-refractivity contribution in [3.63, 3.8) is 0 Å². The van der Waals surface area contributed by atoms with Gasteiger partial charge in [-0.05, 0) is 30.4 Å². The molecule has 5 nitrogen and oxygen atoms in total. The molecule has 1 aliphatic heterocycles. The number of carboxylic acids is 1. The third kappa shape index (κ3) is 3.11. The van der Waals surface area contributed by atoms with Crippen molar-refractivity contribution in [3.05, 3.63) is 35.4 Å². The van der Waals surface area contributed by atoms with Crippen molar-refractivity contribution in [2.75, 3.05) is 18.1 Å². The lowest BCUT2D eigenvalue weighted by Gasteiger charge is -2.32. The Morgan fingerprint density at radius 1 is 1.19 bits per heavy atom. The minimum atomic E-state index is -3.01. The summed E-state index contributed by atoms with van der Waals surface area (Å²) in [7, 11) is -3.01. The molecule has 1 unspecified atom stereocenters. The first-order chi connectivity index (χ1) is 9.94. The van der Waals surface area contributed by atoms with Crippen LogP contribution in [0.2, 0.25) is 0 Å². The van der Waals surface area contributed by atoms with Gasteiger partial charge in [0.1, 0.15) is 0 Å². The highest BCUT2D eigenvalue weighted by molar-refractivity contribution is 7.91. The highest BCUT2D eigenvalue weighted by Gasteiger charge is 2.38. The Bertz CT molecular complexity index is 630. The molecule has 1 aliphatic carbocycles. The number of hydrogen-bond donors (Lipinski definition) is 1. The Morgan fingerprint density at radius 3 is 2.29 bits per heavy atom. The van der Waals surface area contributed by atoms with Gasteiger partial charge in [-0.25, -0.2) is 8.42 Å². The van der Waals surface area contributed by atoms with E-state index in [0.29, 0.717) is 6.42 Å². The van der Waals surface area contributed by atoms with Crippen LogP contribution < -0.4 is 0 Å². The summed E-state index contributed by atoms with van der Waals surface area (Å²) in [5.41, 5.74) is 2.50. The second-order valence-electron chi connectivity index (χ2n) is 5.95. The van der Waals surface area contributed by atoms with E-state index in [1.165, 1.54) is 11.1 Å². The zero-order chi connectivity index (χ0) is 15.0. The van der Waals surface area contributed by atoms with Crippen LogP contribution in [0.25, 0.3) is 0 Å². The fraction of sp³-hybridized carbons (Fsp3) is 0.533. The molecular formula is C15H19NO4S. The second-order valence-corrected chi connectivity index (χ2v) is 8.18. The summed E-state index contributed by atoms with van der Waals surface area (Å²) in [5.74, 6) is -0.629. The van der Waals surface area contributed by atoms with Crippen molar-refractivity contribution in [1.29, 1.82) is 0 Å². The first-order valence-corrected chi connectivity index (χ1v) is 9.01. The molecule has 114 valence electrons. The summed E-state index contributed by atoms with van der Waals surface area (Å²) >= 11 is 0. The van der Waals surface area contributed by atoms with Crippen LogP contribution >= 0.6 is 0 Å². The van der Waals surface area contributed by atoms with Crippen LogP contribution in [0, 0.1) is 0 Å². The maximum atomic E-state index is 11.7. The van der Waals surface area contributed by atoms with Gasteiger partial charge in [0.2, 0.25) is 0 Å². The standard InChI is InChI=1S/C15H19NO4S/c17-15(18)9-16(13-5-6-21(19,20)10-13)14-7-11-3-1-2-4-12(11)8-14/h1-4,13-14H,5-10H2,(H,17,18). The van der Waals surface area contributed by atoms with E-state index in [2.05, 4.69) is 12.1 Å². The average Bonchev–Trinajstić information content (AvgIpc) is 2.98. The largest absolute Gasteiger partial charge is 0.480 e. The normalized spacial score (nSPS) is 24.3. The van der Waals surface area contributed by atoms with Crippen LogP contribution in [0.3, 0.4) is 0 Å². The number of aliphatic carboxylic acids is 1. The summed E-state index contributed by atoms with van der Waals surface area (Å²) < 4.78 is 23.4. The number of nitrogens with zero attached hydrogens (tertiary/aromatic N) is 1. The molecule has 0 saturated carbocycles. The quantitative estimate of drug-likeness (QED) is 0.887. The van der Waals surface area contributed by atoms with Crippen LogP contribution in [0.1, 0.15) is 17.5 Å². The predicted octanol–water partition coefficient (Wildman–Crippen LogP) is 0.727. The summed E-state index contributed by atoms with van der Waals surface area (Å²) in [5, 5.41) is 9.16. The first-order valence-electron chi connectivity index (χ1n) is 7.19. The van der Waals surface area contributed by atoms with Crippen molar-refractivity contribution in [2.24, 2.45) is 0 Å². The number of rotatable bonds is 4. The van der Waals surface area contributed by atoms with E-state index >= 15 is 0 Å². The topological polar surface area (TPSA) is 74.7 Å². The monoisotopic (exact) mass is 309 g/mol. The van der Waals surface area contributed by atoms with Crippen molar-refractivity contribution >= 4 is 15.8 Å². The third-order valence-electron chi connectivity index (χ3n) is 4.49. The molecule has 0 bridgehead atoms. The SMILES string of the molecule is O=C(O)CN(C1Cc2ccccc2C1)C1CCS(=O)(=O)C1. The highest BCUT2D eigenvalue weighted by Crippen LogP contribution is 2.29. The molecule has 1 aromatic carbocycles. The van der Waals surface area contributed by atoms with Gasteiger partial charge >= 0.3 is 5.97 Å². The molecule has 1 fully saturated rings. The molecule has 3 rings (SSSR count). The fourth-order valence-corrected chi connectivity index (χ4v) is 5.26. The number of hydrogen-bond acceptors (Lipinski definition) is 4. The maximum Gasteiger partial charge on any atom is 0.317 e. The molecule has 1 atom stereocenters. The van der Waals surface area contributed by atoms with Gasteiger partial charge in [-0.15, -0.1) is 0 Å². The van der Waals surface area contributed by atoms with Crippen LogP contribution in [0.5, 0.6) is 0 Å². The maximum absolute atomic E-state index is 11.7. The molecule has 0 aromatic heterocycles. The molecule has 2 aliphatic rings. The van der Waals surface area contributed by atoms with Crippen molar-refractivity contribution < 1.29 is 18.3 Å². The first kappa shape index (κ1) is 14.5. The fourth-order valence-electron chi connectivity index (χ4n) is 3.52. The van der Waals surface area contributed by atoms with Crippen LogP contribution in [0.15, 0.2) is 24.3 Å². The van der Waals surface area contributed by atoms with E-state index in [9.17, 15) is 13.2 Å². The molecule has 6 heteroatoms. The number of carbonyl (C=O) groups is 1. The van der Waals surface area contributed by atoms with E-state index in [4.69, 9.17) is 5.11 Å². The molecular weight excluding hydrogens is 290 g/mol. The van der Waals surface area contributed by atoms with Crippen LogP contribution in [-0.2, 0) is 27.5 Å². The molecule has 21 heavy (non-hydrogen) atoms. The van der Waals surface area contributed by atoms with Gasteiger partial charge in [0.15, 0.2) is 9.84 Å². The van der Waals surface area contributed by atoms with Gasteiger partial charge < -0.3 is 5.11 Å². The molecule has 0 radical (unpaired) electrons. The van der Waals surface area contributed by atoms with E-state index in [0.717, 1.165) is 12.8 Å². The zero-order valence-electron chi connectivity index (χ0n) is 11.7. The number of fused-ring (bicyclic) bond motifs is 1. The van der Waals surface area contributed by atoms with Crippen LogP contribution in [0.4, 0.5) is 0 Å². The van der Waals surface area contributed by atoms with Gasteiger partial charge in [0, 0.05) is 12.1 Å². The minimum Gasteiger partial charge on any atom is -0.480 e. The Labute approximate surface area is 124 Å². The molecule has 1 aromatic rings. The van der Waals surface area contributed by atoms with E-state index < -0.39 is 15.8 Å². The second kappa shape index (κ2) is 5.42. The lowest BCUT2D eigenvalue weighted by molar-refractivity contribution is -0.139. The van der Waals surface area contributed by atoms with E-state index in [1.54, 1.807) is 0 Å². The Kier molecular flexibility index (Phi) is 3.75. The number of carboxylic acid groups (broad SMARTS) is 1. The Balaban J connectivity index is 1.80. The van der Waals surface area contributed by atoms with Gasteiger partial charge in [-0.1, -0.05) is 24.3 Å². The summed E-state index contributed by atoms with van der Waals surface area (Å²) in [6.45, 7) is -0.0845. The highest BCUT2D eigenvalue weighted by atomic mass is 32.2. The van der Waals surface area contributed by atoms with Gasteiger partial charge in [0.25, 0.3) is 0 Å². The van der Waals surface area contributed by atoms with Crippen molar-refractivity contribution in [2.45, 2.75) is 31.3 Å². The Hall–Kier alpha value is -1.40. The number of benzene rings is 1.